The summed E-state index contributed by atoms with van der Waals surface area (Å²) in [5.41, 5.74) is 0.527. The standard InChI is InChI=1S/C19H16Cl2N2O4S/c1-2-7-27-17-13(20)8-12(9-14(17)21)10-15-18(25)23(19(26)28-15)11-16(24)22-5-3-4-6-22/h1,8-10H,3-7,11H2. The lowest BCUT2D eigenvalue weighted by atomic mass is 10.2. The molecule has 0 unspecified atom stereocenters. The molecule has 1 aromatic rings. The smallest absolute Gasteiger partial charge is 0.294 e. The Hall–Kier alpha value is -2.14. The Morgan fingerprint density at radius 2 is 1.89 bits per heavy atom. The minimum absolute atomic E-state index is 0.0166. The lowest BCUT2D eigenvalue weighted by Gasteiger charge is -2.18. The molecule has 0 N–H and O–H groups in total. The zero-order valence-corrected chi connectivity index (χ0v) is 17.1. The summed E-state index contributed by atoms with van der Waals surface area (Å²) < 4.78 is 5.29. The first kappa shape index (κ1) is 20.6. The van der Waals surface area contributed by atoms with E-state index in [-0.39, 0.29) is 39.8 Å². The van der Waals surface area contributed by atoms with Crippen LogP contribution in [0.1, 0.15) is 18.4 Å². The summed E-state index contributed by atoms with van der Waals surface area (Å²) in [6.07, 6.45) is 8.55. The van der Waals surface area contributed by atoms with E-state index >= 15 is 0 Å². The summed E-state index contributed by atoms with van der Waals surface area (Å²) in [6.45, 7) is 1.09. The van der Waals surface area contributed by atoms with E-state index in [2.05, 4.69) is 5.92 Å². The number of likely N-dealkylation sites (tertiary alicyclic amines) is 1. The molecule has 2 aliphatic rings. The van der Waals surface area contributed by atoms with E-state index < -0.39 is 11.1 Å². The molecule has 2 heterocycles. The number of terminal acetylenes is 1. The van der Waals surface area contributed by atoms with Crippen LogP contribution in [0, 0.1) is 12.3 Å². The normalized spacial score (nSPS) is 18.1. The summed E-state index contributed by atoms with van der Waals surface area (Å²) in [6, 6.07) is 3.12. The molecule has 2 saturated heterocycles. The van der Waals surface area contributed by atoms with Gasteiger partial charge in [-0.3, -0.25) is 19.3 Å². The Labute approximate surface area is 176 Å². The van der Waals surface area contributed by atoms with Crippen molar-refractivity contribution in [3.05, 3.63) is 32.6 Å². The van der Waals surface area contributed by atoms with E-state index in [4.69, 9.17) is 34.4 Å². The van der Waals surface area contributed by atoms with Gasteiger partial charge in [0.25, 0.3) is 11.1 Å². The number of ether oxygens (including phenoxy) is 1. The minimum atomic E-state index is -0.512. The first-order valence-corrected chi connectivity index (χ1v) is 10.1. The van der Waals surface area contributed by atoms with Gasteiger partial charge in [-0.2, -0.15) is 0 Å². The second kappa shape index (κ2) is 8.91. The van der Waals surface area contributed by atoms with Crippen LogP contribution in [0.4, 0.5) is 4.79 Å². The van der Waals surface area contributed by atoms with Crippen LogP contribution in [-0.4, -0.2) is 53.1 Å². The second-order valence-electron chi connectivity index (χ2n) is 6.16. The Kier molecular flexibility index (Phi) is 6.55. The minimum Gasteiger partial charge on any atom is -0.478 e. The molecule has 0 spiro atoms. The van der Waals surface area contributed by atoms with Crippen molar-refractivity contribution in [2.45, 2.75) is 12.8 Å². The molecule has 28 heavy (non-hydrogen) atoms. The fourth-order valence-electron chi connectivity index (χ4n) is 2.90. The molecule has 0 aliphatic carbocycles. The quantitative estimate of drug-likeness (QED) is 0.518. The topological polar surface area (TPSA) is 66.9 Å². The molecule has 2 fully saturated rings. The highest BCUT2D eigenvalue weighted by atomic mass is 35.5. The predicted molar refractivity (Wildman–Crippen MR) is 109 cm³/mol. The molecular formula is C19H16Cl2N2O4S. The van der Waals surface area contributed by atoms with Crippen molar-refractivity contribution in [1.82, 2.24) is 9.80 Å². The SMILES string of the molecule is C#CCOc1c(Cl)cc(C=C2SC(=O)N(CC(=O)N3CCCC3)C2=O)cc1Cl. The van der Waals surface area contributed by atoms with E-state index in [1.54, 1.807) is 17.0 Å². The molecule has 3 amide bonds. The van der Waals surface area contributed by atoms with Crippen LogP contribution in [0.5, 0.6) is 5.75 Å². The Balaban J connectivity index is 1.76. The highest BCUT2D eigenvalue weighted by Crippen LogP contribution is 2.37. The van der Waals surface area contributed by atoms with Gasteiger partial charge in [0.2, 0.25) is 5.91 Å². The summed E-state index contributed by atoms with van der Waals surface area (Å²) in [4.78, 5) is 39.9. The molecule has 0 atom stereocenters. The maximum Gasteiger partial charge on any atom is 0.294 e. The third kappa shape index (κ3) is 4.46. The lowest BCUT2D eigenvalue weighted by Crippen LogP contribution is -2.40. The maximum atomic E-state index is 12.6. The van der Waals surface area contributed by atoms with E-state index in [9.17, 15) is 14.4 Å². The van der Waals surface area contributed by atoms with Crippen LogP contribution in [0.25, 0.3) is 6.08 Å². The molecule has 0 saturated carbocycles. The van der Waals surface area contributed by atoms with Gasteiger partial charge in [-0.25, -0.2) is 0 Å². The Bertz CT molecular complexity index is 881. The van der Waals surface area contributed by atoms with E-state index in [0.29, 0.717) is 18.7 Å². The highest BCUT2D eigenvalue weighted by molar-refractivity contribution is 8.18. The zero-order valence-electron chi connectivity index (χ0n) is 14.7. The molecule has 3 rings (SSSR count). The third-order valence-electron chi connectivity index (χ3n) is 4.24. The summed E-state index contributed by atoms with van der Waals surface area (Å²) in [5, 5.41) is -0.00940. The number of thioether (sulfide) groups is 1. The van der Waals surface area contributed by atoms with Crippen molar-refractivity contribution in [3.63, 3.8) is 0 Å². The van der Waals surface area contributed by atoms with Crippen LogP contribution in [0.3, 0.4) is 0 Å². The molecular weight excluding hydrogens is 423 g/mol. The number of hydrogen-bond donors (Lipinski definition) is 0. The van der Waals surface area contributed by atoms with Gasteiger partial charge < -0.3 is 9.64 Å². The fourth-order valence-corrected chi connectivity index (χ4v) is 4.36. The van der Waals surface area contributed by atoms with Crippen LogP contribution >= 0.6 is 35.0 Å². The number of carbonyl (C=O) groups excluding carboxylic acids is 3. The summed E-state index contributed by atoms with van der Waals surface area (Å²) in [5.74, 6) is 1.84. The van der Waals surface area contributed by atoms with Gasteiger partial charge in [0.05, 0.1) is 15.0 Å². The van der Waals surface area contributed by atoms with Gasteiger partial charge in [-0.1, -0.05) is 29.1 Å². The number of benzene rings is 1. The first-order chi connectivity index (χ1) is 13.4. The van der Waals surface area contributed by atoms with Gasteiger partial charge in [0, 0.05) is 13.1 Å². The van der Waals surface area contributed by atoms with Crippen molar-refractivity contribution < 1.29 is 19.1 Å². The highest BCUT2D eigenvalue weighted by Gasteiger charge is 2.37. The van der Waals surface area contributed by atoms with Crippen LogP contribution in [0.2, 0.25) is 10.0 Å². The lowest BCUT2D eigenvalue weighted by molar-refractivity contribution is -0.135. The second-order valence-corrected chi connectivity index (χ2v) is 7.97. The van der Waals surface area contributed by atoms with E-state index in [1.807, 2.05) is 0 Å². The predicted octanol–water partition coefficient (Wildman–Crippen LogP) is 3.66. The number of nitrogens with zero attached hydrogens (tertiary/aromatic N) is 2. The number of halogens is 2. The monoisotopic (exact) mass is 438 g/mol. The zero-order chi connectivity index (χ0) is 20.3. The summed E-state index contributed by atoms with van der Waals surface area (Å²) in [7, 11) is 0. The van der Waals surface area contributed by atoms with Crippen LogP contribution in [-0.2, 0) is 9.59 Å². The molecule has 9 heteroatoms. The third-order valence-corrected chi connectivity index (χ3v) is 5.71. The van der Waals surface area contributed by atoms with Gasteiger partial charge in [0.15, 0.2) is 5.75 Å². The van der Waals surface area contributed by atoms with Gasteiger partial charge in [-0.05, 0) is 48.4 Å². The van der Waals surface area contributed by atoms with Crippen molar-refractivity contribution in [1.29, 1.82) is 0 Å². The molecule has 0 aromatic heterocycles. The van der Waals surface area contributed by atoms with Crippen molar-refractivity contribution in [2.24, 2.45) is 0 Å². The van der Waals surface area contributed by atoms with Gasteiger partial charge >= 0.3 is 0 Å². The largest absolute Gasteiger partial charge is 0.478 e. The van der Waals surface area contributed by atoms with E-state index in [1.165, 1.54) is 6.08 Å². The van der Waals surface area contributed by atoms with Gasteiger partial charge in [-0.15, -0.1) is 6.42 Å². The molecule has 146 valence electrons. The average molecular weight is 439 g/mol. The Morgan fingerprint density at radius 1 is 1.25 bits per heavy atom. The number of hydrogen-bond acceptors (Lipinski definition) is 5. The first-order valence-electron chi connectivity index (χ1n) is 8.49. The molecule has 0 radical (unpaired) electrons. The number of carbonyl (C=O) groups is 3. The van der Waals surface area contributed by atoms with Crippen molar-refractivity contribution in [3.8, 4) is 18.1 Å². The van der Waals surface area contributed by atoms with Crippen molar-refractivity contribution >= 4 is 58.1 Å². The van der Waals surface area contributed by atoms with Crippen molar-refractivity contribution in [2.75, 3.05) is 26.2 Å². The van der Waals surface area contributed by atoms with Crippen LogP contribution in [0.15, 0.2) is 17.0 Å². The number of amides is 3. The summed E-state index contributed by atoms with van der Waals surface area (Å²) >= 11 is 13.1. The number of imide groups is 1. The number of rotatable bonds is 5. The van der Waals surface area contributed by atoms with E-state index in [0.717, 1.165) is 29.5 Å². The average Bonchev–Trinajstić information content (AvgIpc) is 3.26. The van der Waals surface area contributed by atoms with Crippen LogP contribution < -0.4 is 4.74 Å². The molecule has 2 aliphatic heterocycles. The maximum absolute atomic E-state index is 12.6. The Morgan fingerprint density at radius 3 is 2.50 bits per heavy atom. The molecule has 0 bridgehead atoms. The fraction of sp³-hybridized carbons (Fsp3) is 0.316. The molecule has 1 aromatic carbocycles. The van der Waals surface area contributed by atoms with Gasteiger partial charge in [0.1, 0.15) is 13.2 Å². The molecule has 6 nitrogen and oxygen atoms in total.